The Morgan fingerprint density at radius 3 is 3.14 bits per heavy atom. The van der Waals surface area contributed by atoms with Gasteiger partial charge in [0.05, 0.1) is 10.7 Å². The summed E-state index contributed by atoms with van der Waals surface area (Å²) >= 11 is 6.22. The minimum absolute atomic E-state index is 0.869. The van der Waals surface area contributed by atoms with Crippen LogP contribution in [0, 0.1) is 0 Å². The maximum atomic E-state index is 6.22. The average Bonchev–Trinajstić information content (AvgIpc) is 2.40. The third kappa shape index (κ3) is 1.72. The number of para-hydroxylation sites is 1. The molecule has 76 valence electrons. The summed E-state index contributed by atoms with van der Waals surface area (Å²) in [5.41, 5.74) is 2.51. The zero-order chi connectivity index (χ0) is 9.97. The topological polar surface area (TPSA) is 15.3 Å². The lowest BCUT2D eigenvalue weighted by atomic mass is 10.1. The summed E-state index contributed by atoms with van der Waals surface area (Å²) in [5, 5.41) is 4.26. The molecule has 1 aromatic rings. The van der Waals surface area contributed by atoms with Gasteiger partial charge in [-0.05, 0) is 18.6 Å². The summed E-state index contributed by atoms with van der Waals surface area (Å²) in [5.74, 6) is 0. The van der Waals surface area contributed by atoms with E-state index in [2.05, 4.69) is 23.2 Å². The van der Waals surface area contributed by atoms with Crippen LogP contribution >= 0.6 is 11.6 Å². The Balaban J connectivity index is 2.45. The molecule has 0 saturated heterocycles. The molecule has 0 atom stereocenters. The van der Waals surface area contributed by atoms with Gasteiger partial charge in [0.1, 0.15) is 0 Å². The van der Waals surface area contributed by atoms with Gasteiger partial charge in [0, 0.05) is 26.2 Å². The highest BCUT2D eigenvalue weighted by molar-refractivity contribution is 6.33. The molecule has 1 heterocycles. The van der Waals surface area contributed by atoms with Gasteiger partial charge >= 0.3 is 0 Å². The number of likely N-dealkylation sites (N-methyl/N-ethyl adjacent to an activating group) is 1. The fraction of sp³-hybridized carbons (Fsp3) is 0.455. The van der Waals surface area contributed by atoms with Gasteiger partial charge < -0.3 is 10.2 Å². The number of hydrogen-bond donors (Lipinski definition) is 1. The normalized spacial score (nSPS) is 16.3. The van der Waals surface area contributed by atoms with E-state index in [1.54, 1.807) is 0 Å². The van der Waals surface area contributed by atoms with Gasteiger partial charge in [0.15, 0.2) is 0 Å². The van der Waals surface area contributed by atoms with E-state index in [-0.39, 0.29) is 0 Å². The van der Waals surface area contributed by atoms with Crippen LogP contribution in [0.4, 0.5) is 5.69 Å². The Bertz CT molecular complexity index is 325. The second-order valence-electron chi connectivity index (χ2n) is 3.50. The van der Waals surface area contributed by atoms with Crippen molar-refractivity contribution < 1.29 is 0 Å². The Hall–Kier alpha value is -0.730. The standard InChI is InChI=1S/C11H15ClN2/c1-2-14-7-6-13-8-9-4-3-5-10(12)11(9)14/h3-5,13H,2,6-8H2,1H3. The minimum Gasteiger partial charge on any atom is -0.369 e. The van der Waals surface area contributed by atoms with Gasteiger partial charge in [-0.3, -0.25) is 0 Å². The first kappa shape index (κ1) is 9.81. The molecular formula is C11H15ClN2. The molecule has 0 aliphatic carbocycles. The minimum atomic E-state index is 0.869. The number of halogens is 1. The van der Waals surface area contributed by atoms with Gasteiger partial charge in [-0.1, -0.05) is 23.7 Å². The Labute approximate surface area is 89.9 Å². The summed E-state index contributed by atoms with van der Waals surface area (Å²) in [6.45, 7) is 6.16. The van der Waals surface area contributed by atoms with Crippen LogP contribution in [0.15, 0.2) is 18.2 Å². The fourth-order valence-corrected chi connectivity index (χ4v) is 2.24. The number of hydrogen-bond acceptors (Lipinski definition) is 2. The van der Waals surface area contributed by atoms with E-state index in [0.717, 1.165) is 31.2 Å². The lowest BCUT2D eigenvalue weighted by Gasteiger charge is -2.23. The van der Waals surface area contributed by atoms with E-state index in [1.807, 2.05) is 12.1 Å². The van der Waals surface area contributed by atoms with Crippen molar-refractivity contribution in [3.63, 3.8) is 0 Å². The van der Waals surface area contributed by atoms with Gasteiger partial charge in [0.2, 0.25) is 0 Å². The second kappa shape index (κ2) is 4.20. The summed E-state index contributed by atoms with van der Waals surface area (Å²) in [6.07, 6.45) is 0. The van der Waals surface area contributed by atoms with Crippen LogP contribution in [0.5, 0.6) is 0 Å². The quantitative estimate of drug-likeness (QED) is 0.765. The van der Waals surface area contributed by atoms with Crippen LogP contribution in [-0.4, -0.2) is 19.6 Å². The van der Waals surface area contributed by atoms with Gasteiger partial charge in [0.25, 0.3) is 0 Å². The maximum absolute atomic E-state index is 6.22. The van der Waals surface area contributed by atoms with Crippen LogP contribution in [0.2, 0.25) is 5.02 Å². The first-order valence-electron chi connectivity index (χ1n) is 5.06. The van der Waals surface area contributed by atoms with Crippen molar-refractivity contribution in [3.8, 4) is 0 Å². The molecule has 0 fully saturated rings. The van der Waals surface area contributed by atoms with Crippen LogP contribution in [0.1, 0.15) is 12.5 Å². The van der Waals surface area contributed by atoms with E-state index in [9.17, 15) is 0 Å². The van der Waals surface area contributed by atoms with E-state index in [4.69, 9.17) is 11.6 Å². The average molecular weight is 211 g/mol. The van der Waals surface area contributed by atoms with E-state index in [0.29, 0.717) is 0 Å². The molecule has 1 aliphatic heterocycles. The molecule has 0 aromatic heterocycles. The zero-order valence-electron chi connectivity index (χ0n) is 8.39. The maximum Gasteiger partial charge on any atom is 0.0642 e. The second-order valence-corrected chi connectivity index (χ2v) is 3.91. The number of anilines is 1. The van der Waals surface area contributed by atoms with Crippen molar-refractivity contribution in [2.24, 2.45) is 0 Å². The molecule has 14 heavy (non-hydrogen) atoms. The van der Waals surface area contributed by atoms with E-state index < -0.39 is 0 Å². The number of rotatable bonds is 1. The lowest BCUT2D eigenvalue weighted by Crippen LogP contribution is -2.28. The molecule has 2 nitrogen and oxygen atoms in total. The van der Waals surface area contributed by atoms with Crippen molar-refractivity contribution in [2.75, 3.05) is 24.5 Å². The predicted molar refractivity (Wildman–Crippen MR) is 61.0 cm³/mol. The third-order valence-corrected chi connectivity index (χ3v) is 2.95. The van der Waals surface area contributed by atoms with Crippen LogP contribution in [0.25, 0.3) is 0 Å². The van der Waals surface area contributed by atoms with Gasteiger partial charge in [-0.15, -0.1) is 0 Å². The van der Waals surface area contributed by atoms with Crippen molar-refractivity contribution in [1.29, 1.82) is 0 Å². The molecular weight excluding hydrogens is 196 g/mol. The van der Waals surface area contributed by atoms with Crippen molar-refractivity contribution in [1.82, 2.24) is 5.32 Å². The molecule has 0 radical (unpaired) electrons. The SMILES string of the molecule is CCN1CCNCc2cccc(Cl)c21. The molecule has 0 bridgehead atoms. The monoisotopic (exact) mass is 210 g/mol. The van der Waals surface area contributed by atoms with Crippen LogP contribution < -0.4 is 10.2 Å². The molecule has 0 unspecified atom stereocenters. The van der Waals surface area contributed by atoms with Crippen LogP contribution in [-0.2, 0) is 6.54 Å². The predicted octanol–water partition coefficient (Wildman–Crippen LogP) is 2.27. The Kier molecular flexibility index (Phi) is 2.94. The molecule has 1 aliphatic rings. The Morgan fingerprint density at radius 2 is 2.36 bits per heavy atom. The fourth-order valence-electron chi connectivity index (χ4n) is 1.92. The van der Waals surface area contributed by atoms with E-state index in [1.165, 1.54) is 11.3 Å². The van der Waals surface area contributed by atoms with E-state index >= 15 is 0 Å². The third-order valence-electron chi connectivity index (χ3n) is 2.64. The van der Waals surface area contributed by atoms with Crippen molar-refractivity contribution in [2.45, 2.75) is 13.5 Å². The summed E-state index contributed by atoms with van der Waals surface area (Å²) < 4.78 is 0. The number of nitrogens with one attached hydrogen (secondary N) is 1. The van der Waals surface area contributed by atoms with Gasteiger partial charge in [-0.2, -0.15) is 0 Å². The largest absolute Gasteiger partial charge is 0.369 e. The smallest absolute Gasteiger partial charge is 0.0642 e. The summed E-state index contributed by atoms with van der Waals surface area (Å²) in [6, 6.07) is 6.12. The Morgan fingerprint density at radius 1 is 1.50 bits per heavy atom. The molecule has 0 amide bonds. The van der Waals surface area contributed by atoms with Gasteiger partial charge in [-0.25, -0.2) is 0 Å². The zero-order valence-corrected chi connectivity index (χ0v) is 9.14. The molecule has 3 heteroatoms. The lowest BCUT2D eigenvalue weighted by molar-refractivity contribution is 0.695. The number of nitrogens with zero attached hydrogens (tertiary/aromatic N) is 1. The molecule has 1 aromatic carbocycles. The molecule has 0 spiro atoms. The summed E-state index contributed by atoms with van der Waals surface area (Å²) in [4.78, 5) is 2.33. The highest BCUT2D eigenvalue weighted by atomic mass is 35.5. The van der Waals surface area contributed by atoms with Crippen LogP contribution in [0.3, 0.4) is 0 Å². The molecule has 2 rings (SSSR count). The first-order chi connectivity index (χ1) is 6.83. The molecule has 1 N–H and O–H groups in total. The van der Waals surface area contributed by atoms with Crippen molar-refractivity contribution >= 4 is 17.3 Å². The highest BCUT2D eigenvalue weighted by Gasteiger charge is 2.15. The number of benzene rings is 1. The van der Waals surface area contributed by atoms with Crippen molar-refractivity contribution in [3.05, 3.63) is 28.8 Å². The molecule has 0 saturated carbocycles. The summed E-state index contributed by atoms with van der Waals surface area (Å²) in [7, 11) is 0. The number of fused-ring (bicyclic) bond motifs is 1. The first-order valence-corrected chi connectivity index (χ1v) is 5.43. The highest BCUT2D eigenvalue weighted by Crippen LogP contribution is 2.30.